The van der Waals surface area contributed by atoms with E-state index in [2.05, 4.69) is 15.9 Å². The summed E-state index contributed by atoms with van der Waals surface area (Å²) in [6.45, 7) is 0.257. The average molecular weight is 249 g/mol. The Hall–Kier alpha value is -0.550. The fourth-order valence-corrected chi connectivity index (χ4v) is 2.20. The Labute approximate surface area is 83.3 Å². The van der Waals surface area contributed by atoms with Gasteiger partial charge in [-0.3, -0.25) is 4.79 Å². The minimum Gasteiger partial charge on any atom is -0.368 e. The maximum Gasteiger partial charge on any atom is 0.236 e. The van der Waals surface area contributed by atoms with Crippen LogP contribution in [0, 0.1) is 0 Å². The number of primary amides is 1. The van der Waals surface area contributed by atoms with Gasteiger partial charge in [0.15, 0.2) is 0 Å². The van der Waals surface area contributed by atoms with Gasteiger partial charge in [0.1, 0.15) is 0 Å². The fourth-order valence-electron chi connectivity index (χ4n) is 0.815. The lowest BCUT2D eigenvalue weighted by Crippen LogP contribution is -2.29. The van der Waals surface area contributed by atoms with Crippen LogP contribution in [0.5, 0.6) is 0 Å². The molecule has 0 bridgehead atoms. The number of carbonyl (C=O) groups excluding carboxylic acids is 1. The van der Waals surface area contributed by atoms with E-state index in [4.69, 9.17) is 5.73 Å². The van der Waals surface area contributed by atoms with Crippen LogP contribution in [-0.4, -0.2) is 19.5 Å². The van der Waals surface area contributed by atoms with Crippen molar-refractivity contribution in [3.8, 4) is 0 Å². The molecule has 66 valence electrons. The van der Waals surface area contributed by atoms with Gasteiger partial charge in [0.05, 0.1) is 11.5 Å². The summed E-state index contributed by atoms with van der Waals surface area (Å²) in [7, 11) is 1.84. The molecule has 1 aromatic heterocycles. The van der Waals surface area contributed by atoms with E-state index >= 15 is 0 Å². The van der Waals surface area contributed by atoms with E-state index < -0.39 is 0 Å². The quantitative estimate of drug-likeness (QED) is 0.880. The molecule has 0 saturated carbocycles. The van der Waals surface area contributed by atoms with Crippen LogP contribution in [0.25, 0.3) is 0 Å². The van der Waals surface area contributed by atoms with Gasteiger partial charge in [-0.1, -0.05) is 0 Å². The van der Waals surface area contributed by atoms with Gasteiger partial charge in [-0.05, 0) is 22.0 Å². The highest BCUT2D eigenvalue weighted by Crippen LogP contribution is 2.26. The van der Waals surface area contributed by atoms with Crippen molar-refractivity contribution in [2.45, 2.75) is 0 Å². The Morgan fingerprint density at radius 3 is 2.92 bits per heavy atom. The Bertz CT molecular complexity index is 287. The summed E-state index contributed by atoms with van der Waals surface area (Å²) in [6, 6.07) is 1.95. The van der Waals surface area contributed by atoms with Crippen LogP contribution in [0.2, 0.25) is 0 Å². The maximum atomic E-state index is 10.6. The van der Waals surface area contributed by atoms with Gasteiger partial charge < -0.3 is 10.6 Å². The molecule has 5 heteroatoms. The number of hydrogen-bond donors (Lipinski definition) is 1. The van der Waals surface area contributed by atoms with Crippen LogP contribution >= 0.6 is 27.3 Å². The molecule has 1 aromatic rings. The number of halogens is 1. The van der Waals surface area contributed by atoms with Crippen molar-refractivity contribution in [1.29, 1.82) is 0 Å². The first kappa shape index (κ1) is 9.54. The highest BCUT2D eigenvalue weighted by molar-refractivity contribution is 9.10. The van der Waals surface area contributed by atoms with E-state index in [1.807, 2.05) is 23.4 Å². The molecule has 0 saturated heterocycles. The lowest BCUT2D eigenvalue weighted by molar-refractivity contribution is -0.116. The summed E-state index contributed by atoms with van der Waals surface area (Å²) in [5.74, 6) is -0.318. The van der Waals surface area contributed by atoms with Crippen molar-refractivity contribution >= 4 is 38.2 Å². The summed E-state index contributed by atoms with van der Waals surface area (Å²) >= 11 is 4.91. The van der Waals surface area contributed by atoms with Crippen molar-refractivity contribution < 1.29 is 4.79 Å². The minimum atomic E-state index is -0.318. The van der Waals surface area contributed by atoms with Crippen LogP contribution in [0.4, 0.5) is 5.00 Å². The van der Waals surface area contributed by atoms with Gasteiger partial charge in [0.2, 0.25) is 5.91 Å². The van der Waals surface area contributed by atoms with E-state index in [1.54, 1.807) is 11.3 Å². The van der Waals surface area contributed by atoms with Crippen LogP contribution in [0.1, 0.15) is 0 Å². The zero-order valence-corrected chi connectivity index (χ0v) is 8.98. The van der Waals surface area contributed by atoms with Crippen molar-refractivity contribution in [2.24, 2.45) is 5.73 Å². The number of rotatable bonds is 3. The summed E-state index contributed by atoms with van der Waals surface area (Å²) in [4.78, 5) is 12.4. The Kier molecular flexibility index (Phi) is 3.11. The SMILES string of the molecule is CN(CC(N)=O)c1cc(Br)cs1. The summed E-state index contributed by atoms with van der Waals surface area (Å²) in [6.07, 6.45) is 0. The molecule has 0 unspecified atom stereocenters. The predicted molar refractivity (Wildman–Crippen MR) is 54.5 cm³/mol. The average Bonchev–Trinajstić information content (AvgIpc) is 2.34. The van der Waals surface area contributed by atoms with Crippen LogP contribution in [0.3, 0.4) is 0 Å². The first-order valence-electron chi connectivity index (χ1n) is 3.33. The van der Waals surface area contributed by atoms with Crippen molar-refractivity contribution in [3.63, 3.8) is 0 Å². The second-order valence-corrected chi connectivity index (χ2v) is 4.23. The molecular formula is C7H9BrN2OS. The Morgan fingerprint density at radius 1 is 1.83 bits per heavy atom. The monoisotopic (exact) mass is 248 g/mol. The first-order chi connectivity index (χ1) is 5.59. The number of thiophene rings is 1. The molecule has 0 aliphatic rings. The molecule has 2 N–H and O–H groups in total. The lowest BCUT2D eigenvalue weighted by Gasteiger charge is -2.13. The van der Waals surface area contributed by atoms with Crippen molar-refractivity contribution in [1.82, 2.24) is 0 Å². The van der Waals surface area contributed by atoms with E-state index in [0.29, 0.717) is 0 Å². The van der Waals surface area contributed by atoms with Gasteiger partial charge >= 0.3 is 0 Å². The van der Waals surface area contributed by atoms with Crippen molar-refractivity contribution in [2.75, 3.05) is 18.5 Å². The summed E-state index contributed by atoms with van der Waals surface area (Å²) in [5.41, 5.74) is 5.05. The van der Waals surface area contributed by atoms with Crippen LogP contribution in [0.15, 0.2) is 15.9 Å². The molecule has 1 amide bonds. The number of hydrogen-bond acceptors (Lipinski definition) is 3. The summed E-state index contributed by atoms with van der Waals surface area (Å²) < 4.78 is 1.03. The molecule has 0 aromatic carbocycles. The topological polar surface area (TPSA) is 46.3 Å². The smallest absolute Gasteiger partial charge is 0.236 e. The molecule has 0 spiro atoms. The van der Waals surface area contributed by atoms with Gasteiger partial charge in [-0.2, -0.15) is 0 Å². The first-order valence-corrected chi connectivity index (χ1v) is 5.00. The lowest BCUT2D eigenvalue weighted by atomic mass is 10.5. The van der Waals surface area contributed by atoms with E-state index in [1.165, 1.54) is 0 Å². The molecule has 1 heterocycles. The van der Waals surface area contributed by atoms with Gasteiger partial charge in [0, 0.05) is 16.9 Å². The molecule has 0 aliphatic heterocycles. The molecule has 0 radical (unpaired) electrons. The third-order valence-corrected chi connectivity index (χ3v) is 3.13. The molecule has 0 aliphatic carbocycles. The number of carbonyl (C=O) groups is 1. The highest BCUT2D eigenvalue weighted by atomic mass is 79.9. The predicted octanol–water partition coefficient (Wildman–Crippen LogP) is 1.43. The third-order valence-electron chi connectivity index (χ3n) is 1.32. The van der Waals surface area contributed by atoms with Crippen molar-refractivity contribution in [3.05, 3.63) is 15.9 Å². The molecule has 0 fully saturated rings. The Balaban J connectivity index is 2.64. The highest BCUT2D eigenvalue weighted by Gasteiger charge is 2.05. The molecule has 12 heavy (non-hydrogen) atoms. The summed E-state index contributed by atoms with van der Waals surface area (Å²) in [5, 5.41) is 2.99. The van der Waals surface area contributed by atoms with Gasteiger partial charge in [0.25, 0.3) is 0 Å². The molecule has 3 nitrogen and oxygen atoms in total. The standard InChI is InChI=1S/C7H9BrN2OS/c1-10(3-6(9)11)7-2-5(8)4-12-7/h2,4H,3H2,1H3,(H2,9,11). The molecular weight excluding hydrogens is 240 g/mol. The zero-order chi connectivity index (χ0) is 9.14. The number of nitrogens with zero attached hydrogens (tertiary/aromatic N) is 1. The zero-order valence-electron chi connectivity index (χ0n) is 6.58. The van der Waals surface area contributed by atoms with E-state index in [0.717, 1.165) is 9.47 Å². The minimum absolute atomic E-state index is 0.257. The second kappa shape index (κ2) is 3.91. The number of amides is 1. The van der Waals surface area contributed by atoms with E-state index in [9.17, 15) is 4.79 Å². The third kappa shape index (κ3) is 2.49. The van der Waals surface area contributed by atoms with Gasteiger partial charge in [-0.25, -0.2) is 0 Å². The fraction of sp³-hybridized carbons (Fsp3) is 0.286. The normalized spacial score (nSPS) is 9.83. The molecule has 1 rings (SSSR count). The maximum absolute atomic E-state index is 10.6. The number of anilines is 1. The van der Waals surface area contributed by atoms with Gasteiger partial charge in [-0.15, -0.1) is 11.3 Å². The Morgan fingerprint density at radius 2 is 2.50 bits per heavy atom. The van der Waals surface area contributed by atoms with E-state index in [-0.39, 0.29) is 12.5 Å². The number of nitrogens with two attached hydrogens (primary N) is 1. The largest absolute Gasteiger partial charge is 0.368 e. The number of likely N-dealkylation sites (N-methyl/N-ethyl adjacent to an activating group) is 1. The van der Waals surface area contributed by atoms with Crippen LogP contribution in [-0.2, 0) is 4.79 Å². The molecule has 0 atom stereocenters. The second-order valence-electron chi connectivity index (χ2n) is 2.43. The van der Waals surface area contributed by atoms with Crippen LogP contribution < -0.4 is 10.6 Å².